The van der Waals surface area contributed by atoms with Crippen LogP contribution < -0.4 is 4.90 Å². The van der Waals surface area contributed by atoms with Crippen molar-refractivity contribution in [3.63, 3.8) is 0 Å². The molecule has 2 nitrogen and oxygen atoms in total. The molecule has 3 heteroatoms. The van der Waals surface area contributed by atoms with E-state index in [1.807, 2.05) is 24.3 Å². The largest absolute Gasteiger partial charge is 0.455 e. The maximum Gasteiger partial charge on any atom is 0.143 e. The summed E-state index contributed by atoms with van der Waals surface area (Å²) in [5.41, 5.74) is 17.0. The fourth-order valence-corrected chi connectivity index (χ4v) is 10.4. The van der Waals surface area contributed by atoms with Crippen LogP contribution in [-0.4, -0.2) is 0 Å². The van der Waals surface area contributed by atoms with E-state index < -0.39 is 5.41 Å². The second-order valence-corrected chi connectivity index (χ2v) is 16.5. The van der Waals surface area contributed by atoms with E-state index in [1.54, 1.807) is 12.1 Å². The fraction of sp³-hybridized carbons (Fsp3) is 0.0164. The van der Waals surface area contributed by atoms with Crippen molar-refractivity contribution in [3.8, 4) is 44.5 Å². The lowest BCUT2D eigenvalue weighted by atomic mass is 9.66. The van der Waals surface area contributed by atoms with Crippen molar-refractivity contribution in [1.29, 1.82) is 0 Å². The average Bonchev–Trinajstić information content (AvgIpc) is 3.90. The first-order valence-corrected chi connectivity index (χ1v) is 21.8. The second kappa shape index (κ2) is 15.3. The zero-order chi connectivity index (χ0) is 42.6. The molecule has 12 rings (SSSR count). The third-order valence-electron chi connectivity index (χ3n) is 13.0. The lowest BCUT2D eigenvalue weighted by molar-refractivity contribution is 0.628. The lowest BCUT2D eigenvalue weighted by Gasteiger charge is -2.36. The van der Waals surface area contributed by atoms with Crippen molar-refractivity contribution in [2.45, 2.75) is 5.41 Å². The van der Waals surface area contributed by atoms with Gasteiger partial charge in [0.15, 0.2) is 0 Å². The fourth-order valence-electron chi connectivity index (χ4n) is 10.4. The minimum absolute atomic E-state index is 0.312. The van der Waals surface area contributed by atoms with Crippen molar-refractivity contribution >= 4 is 39.0 Å². The molecule has 302 valence electrons. The minimum Gasteiger partial charge on any atom is -0.455 e. The van der Waals surface area contributed by atoms with E-state index in [-0.39, 0.29) is 5.82 Å². The van der Waals surface area contributed by atoms with Crippen LogP contribution in [0, 0.1) is 5.82 Å². The first-order chi connectivity index (χ1) is 31.7. The van der Waals surface area contributed by atoms with Gasteiger partial charge in [0.2, 0.25) is 0 Å². The molecule has 1 aliphatic rings. The molecule has 0 unspecified atom stereocenters. The monoisotopic (exact) mass is 821 g/mol. The van der Waals surface area contributed by atoms with E-state index in [2.05, 4.69) is 205 Å². The third-order valence-corrected chi connectivity index (χ3v) is 13.0. The van der Waals surface area contributed by atoms with Crippen LogP contribution in [0.2, 0.25) is 0 Å². The van der Waals surface area contributed by atoms with Crippen molar-refractivity contribution in [2.24, 2.45) is 0 Å². The van der Waals surface area contributed by atoms with Gasteiger partial charge in [-0.2, -0.15) is 0 Å². The molecule has 0 radical (unpaired) electrons. The highest BCUT2D eigenvalue weighted by Gasteiger charge is 2.47. The molecule has 0 amide bonds. The zero-order valence-electron chi connectivity index (χ0n) is 34.8. The lowest BCUT2D eigenvalue weighted by Crippen LogP contribution is -2.29. The maximum absolute atomic E-state index is 15.8. The van der Waals surface area contributed by atoms with Gasteiger partial charge < -0.3 is 9.32 Å². The van der Waals surface area contributed by atoms with E-state index in [0.29, 0.717) is 5.69 Å². The van der Waals surface area contributed by atoms with Crippen LogP contribution in [0.4, 0.5) is 21.5 Å². The molecule has 1 aromatic heterocycles. The molecule has 11 aromatic rings. The van der Waals surface area contributed by atoms with Gasteiger partial charge in [0.1, 0.15) is 17.0 Å². The SMILES string of the molecule is Fc1cccc(N(c2cccc(-c3cccc4c3oc3ccccc34)c2)c2c(-c3ccccc3)cccc2-c2cccc3c2C(c2ccccc2)(c2ccccc2)c2ccccc2-3)c1. The molecule has 1 heterocycles. The van der Waals surface area contributed by atoms with Crippen LogP contribution in [0.5, 0.6) is 0 Å². The minimum atomic E-state index is -0.653. The van der Waals surface area contributed by atoms with Gasteiger partial charge in [0, 0.05) is 38.8 Å². The van der Waals surface area contributed by atoms with Crippen molar-refractivity contribution < 1.29 is 8.81 Å². The van der Waals surface area contributed by atoms with Crippen LogP contribution in [0.3, 0.4) is 0 Å². The summed E-state index contributed by atoms with van der Waals surface area (Å²) in [5, 5.41) is 2.15. The highest BCUT2D eigenvalue weighted by atomic mass is 19.1. The highest BCUT2D eigenvalue weighted by molar-refractivity contribution is 6.10. The zero-order valence-corrected chi connectivity index (χ0v) is 34.8. The Balaban J connectivity index is 1.18. The smallest absolute Gasteiger partial charge is 0.143 e. The van der Waals surface area contributed by atoms with E-state index in [4.69, 9.17) is 4.42 Å². The van der Waals surface area contributed by atoms with Gasteiger partial charge in [0.05, 0.1) is 11.1 Å². The third kappa shape index (κ3) is 5.86. The summed E-state index contributed by atoms with van der Waals surface area (Å²) in [7, 11) is 0. The Morgan fingerprint density at radius 2 is 0.891 bits per heavy atom. The van der Waals surface area contributed by atoms with E-state index >= 15 is 4.39 Å². The number of nitrogens with zero attached hydrogens (tertiary/aromatic N) is 1. The first-order valence-electron chi connectivity index (χ1n) is 21.8. The van der Waals surface area contributed by atoms with Crippen LogP contribution in [0.25, 0.3) is 66.4 Å². The van der Waals surface area contributed by atoms with Gasteiger partial charge >= 0.3 is 0 Å². The number of furan rings is 1. The number of benzene rings is 10. The van der Waals surface area contributed by atoms with Crippen LogP contribution >= 0.6 is 0 Å². The number of hydrogen-bond acceptors (Lipinski definition) is 2. The Hall–Kier alpha value is -8.27. The summed E-state index contributed by atoms with van der Waals surface area (Å²) in [6.45, 7) is 0. The molecule has 0 N–H and O–H groups in total. The van der Waals surface area contributed by atoms with E-state index in [9.17, 15) is 0 Å². The molecular formula is C61H40FNO. The normalized spacial score (nSPS) is 12.6. The molecular weight excluding hydrogens is 782 g/mol. The number of hydrogen-bond donors (Lipinski definition) is 0. The predicted molar refractivity (Wildman–Crippen MR) is 262 cm³/mol. The quantitative estimate of drug-likeness (QED) is 0.152. The molecule has 64 heavy (non-hydrogen) atoms. The summed E-state index contributed by atoms with van der Waals surface area (Å²) in [4.78, 5) is 2.25. The summed E-state index contributed by atoms with van der Waals surface area (Å²) in [5.74, 6) is -0.312. The number of para-hydroxylation sites is 3. The summed E-state index contributed by atoms with van der Waals surface area (Å²) in [6, 6.07) is 84.7. The molecule has 0 saturated carbocycles. The van der Waals surface area contributed by atoms with Gasteiger partial charge in [-0.25, -0.2) is 4.39 Å². The Morgan fingerprint density at radius 3 is 1.64 bits per heavy atom. The Bertz CT molecular complexity index is 3480. The van der Waals surface area contributed by atoms with E-state index in [0.717, 1.165) is 66.7 Å². The number of rotatable bonds is 8. The van der Waals surface area contributed by atoms with Gasteiger partial charge in [-0.15, -0.1) is 0 Å². The topological polar surface area (TPSA) is 16.4 Å². The van der Waals surface area contributed by atoms with Gasteiger partial charge in [0.25, 0.3) is 0 Å². The summed E-state index contributed by atoms with van der Waals surface area (Å²) >= 11 is 0. The number of anilines is 3. The van der Waals surface area contributed by atoms with Crippen LogP contribution in [-0.2, 0) is 5.41 Å². The van der Waals surface area contributed by atoms with Gasteiger partial charge in [-0.05, 0) is 86.5 Å². The maximum atomic E-state index is 15.8. The number of halogens is 1. The Morgan fingerprint density at radius 1 is 0.375 bits per heavy atom. The van der Waals surface area contributed by atoms with Crippen molar-refractivity contribution in [3.05, 3.63) is 271 Å². The standard InChI is InChI=1S/C61H40FNO/c62-45-26-15-28-47(40-45)63(46-27-14-21-42(39-46)49-32-17-36-55-51-30-11-13-38-57(51)64-60(49)55)59-48(41-19-4-1-5-20-41)31-16-35-54(59)53-34-18-33-52-50-29-10-12-37-56(50)61(58(52)53,43-22-6-2-7-23-43)44-24-8-3-9-25-44/h1-40H. The molecule has 0 spiro atoms. The van der Waals surface area contributed by atoms with Crippen LogP contribution in [0.1, 0.15) is 22.3 Å². The Labute approximate surface area is 371 Å². The average molecular weight is 822 g/mol. The molecule has 1 aliphatic carbocycles. The molecule has 0 aliphatic heterocycles. The molecule has 10 aromatic carbocycles. The Kier molecular flexibility index (Phi) is 8.94. The van der Waals surface area contributed by atoms with Crippen molar-refractivity contribution in [1.82, 2.24) is 0 Å². The highest BCUT2D eigenvalue weighted by Crippen LogP contribution is 2.60. The summed E-state index contributed by atoms with van der Waals surface area (Å²) in [6.07, 6.45) is 0. The molecule has 0 saturated heterocycles. The number of fused-ring (bicyclic) bond motifs is 6. The molecule has 0 atom stereocenters. The van der Waals surface area contributed by atoms with Crippen LogP contribution in [0.15, 0.2) is 247 Å². The predicted octanol–water partition coefficient (Wildman–Crippen LogP) is 16.6. The van der Waals surface area contributed by atoms with Gasteiger partial charge in [-0.1, -0.05) is 206 Å². The van der Waals surface area contributed by atoms with E-state index in [1.165, 1.54) is 39.4 Å². The van der Waals surface area contributed by atoms with Gasteiger partial charge in [-0.3, -0.25) is 0 Å². The van der Waals surface area contributed by atoms with Crippen molar-refractivity contribution in [2.75, 3.05) is 4.90 Å². The second-order valence-electron chi connectivity index (χ2n) is 16.5. The molecule has 0 fully saturated rings. The summed E-state index contributed by atoms with van der Waals surface area (Å²) < 4.78 is 22.4. The molecule has 0 bridgehead atoms. The first kappa shape index (κ1) is 37.5.